The minimum Gasteiger partial charge on any atom is -0.493 e. The third-order valence-corrected chi connectivity index (χ3v) is 5.54. The maximum Gasteiger partial charge on any atom is 0.254 e. The molecule has 0 fully saturated rings. The highest BCUT2D eigenvalue weighted by molar-refractivity contribution is 6.34. The van der Waals surface area contributed by atoms with E-state index in [-0.39, 0.29) is 23.2 Å². The van der Waals surface area contributed by atoms with Gasteiger partial charge in [0.2, 0.25) is 0 Å². The number of hydrogen-bond acceptors (Lipinski definition) is 4. The molecule has 4 rings (SSSR count). The van der Waals surface area contributed by atoms with Crippen LogP contribution in [0.2, 0.25) is 5.02 Å². The Labute approximate surface area is 194 Å². The van der Waals surface area contributed by atoms with Crippen molar-refractivity contribution in [2.45, 2.75) is 20.1 Å². The van der Waals surface area contributed by atoms with Crippen LogP contribution in [0.1, 0.15) is 28.5 Å². The van der Waals surface area contributed by atoms with Crippen LogP contribution in [0.15, 0.2) is 48.8 Å². The second kappa shape index (κ2) is 9.54. The number of amides is 1. The van der Waals surface area contributed by atoms with Crippen LogP contribution in [0, 0.1) is 5.82 Å². The van der Waals surface area contributed by atoms with Gasteiger partial charge in [-0.25, -0.2) is 8.78 Å². The molecule has 6 nitrogen and oxygen atoms in total. The minimum atomic E-state index is -0.707. The number of halogens is 3. The van der Waals surface area contributed by atoms with Crippen LogP contribution in [-0.4, -0.2) is 39.6 Å². The highest BCUT2D eigenvalue weighted by atomic mass is 35.5. The van der Waals surface area contributed by atoms with E-state index < -0.39 is 12.5 Å². The molecular formula is C24H21ClF2N4O2. The summed E-state index contributed by atoms with van der Waals surface area (Å²) in [6, 6.07) is 9.16. The number of pyridine rings is 1. The highest BCUT2D eigenvalue weighted by Gasteiger charge is 2.20. The summed E-state index contributed by atoms with van der Waals surface area (Å²) in [7, 11) is 1.64. The Morgan fingerprint density at radius 1 is 1.24 bits per heavy atom. The smallest absolute Gasteiger partial charge is 0.254 e. The van der Waals surface area contributed by atoms with Gasteiger partial charge in [0.1, 0.15) is 18.2 Å². The zero-order chi connectivity index (χ0) is 23.5. The number of aromatic nitrogens is 3. The summed E-state index contributed by atoms with van der Waals surface area (Å²) in [4.78, 5) is 18.8. The van der Waals surface area contributed by atoms with E-state index in [1.54, 1.807) is 31.3 Å². The Kier molecular flexibility index (Phi) is 6.55. The molecule has 2 heterocycles. The van der Waals surface area contributed by atoms with Crippen LogP contribution in [0.4, 0.5) is 8.78 Å². The molecule has 0 saturated carbocycles. The Hall–Kier alpha value is -3.52. The summed E-state index contributed by atoms with van der Waals surface area (Å²) in [6.45, 7) is 1.66. The van der Waals surface area contributed by atoms with Crippen LogP contribution in [0.25, 0.3) is 22.0 Å². The van der Waals surface area contributed by atoms with Crippen LogP contribution >= 0.6 is 11.6 Å². The summed E-state index contributed by atoms with van der Waals surface area (Å²) in [5, 5.41) is 7.67. The predicted molar refractivity (Wildman–Crippen MR) is 123 cm³/mol. The number of hydrogen-bond donors (Lipinski definition) is 1. The normalized spacial score (nSPS) is 11.1. The Morgan fingerprint density at radius 3 is 2.79 bits per heavy atom. The Bertz CT molecular complexity index is 1330. The SMILES string of the molecule is CCOc1cc(C(=O)N(C)Cc2cnc(CF)c3cn[nH]c23)cc(Cl)c1-c1cccc(F)c1. The van der Waals surface area contributed by atoms with Gasteiger partial charge in [0.15, 0.2) is 0 Å². The first kappa shape index (κ1) is 22.7. The first-order valence-electron chi connectivity index (χ1n) is 10.3. The number of carbonyl (C=O) groups excluding carboxylic acids is 1. The van der Waals surface area contributed by atoms with Gasteiger partial charge in [-0.15, -0.1) is 0 Å². The fraction of sp³-hybridized carbons (Fsp3) is 0.208. The zero-order valence-corrected chi connectivity index (χ0v) is 18.8. The summed E-state index contributed by atoms with van der Waals surface area (Å²) < 4.78 is 32.7. The van der Waals surface area contributed by atoms with Crippen molar-refractivity contribution in [3.05, 3.63) is 76.5 Å². The van der Waals surface area contributed by atoms with E-state index in [2.05, 4.69) is 15.2 Å². The van der Waals surface area contributed by atoms with Crippen molar-refractivity contribution in [1.29, 1.82) is 0 Å². The molecule has 33 heavy (non-hydrogen) atoms. The van der Waals surface area contributed by atoms with E-state index in [9.17, 15) is 13.6 Å². The zero-order valence-electron chi connectivity index (χ0n) is 18.0. The van der Waals surface area contributed by atoms with Crippen molar-refractivity contribution in [2.75, 3.05) is 13.7 Å². The summed E-state index contributed by atoms with van der Waals surface area (Å²) in [5.74, 6) is -0.313. The Balaban J connectivity index is 1.66. The van der Waals surface area contributed by atoms with Gasteiger partial charge in [0.05, 0.1) is 29.0 Å². The van der Waals surface area contributed by atoms with E-state index in [0.717, 1.165) is 0 Å². The van der Waals surface area contributed by atoms with E-state index >= 15 is 0 Å². The number of carbonyl (C=O) groups is 1. The Morgan fingerprint density at radius 2 is 2.06 bits per heavy atom. The molecule has 170 valence electrons. The molecule has 2 aromatic carbocycles. The number of rotatable bonds is 7. The third kappa shape index (κ3) is 4.52. The lowest BCUT2D eigenvalue weighted by atomic mass is 10.0. The second-order valence-electron chi connectivity index (χ2n) is 7.46. The van der Waals surface area contributed by atoms with Gasteiger partial charge in [0.25, 0.3) is 5.91 Å². The average molecular weight is 471 g/mol. The molecule has 0 aliphatic heterocycles. The molecule has 0 spiro atoms. The number of ether oxygens (including phenoxy) is 1. The molecule has 9 heteroatoms. The number of nitrogens with zero attached hydrogens (tertiary/aromatic N) is 3. The monoisotopic (exact) mass is 470 g/mol. The molecule has 0 unspecified atom stereocenters. The van der Waals surface area contributed by atoms with Gasteiger partial charge in [-0.2, -0.15) is 5.10 Å². The van der Waals surface area contributed by atoms with E-state index in [1.165, 1.54) is 29.4 Å². The first-order chi connectivity index (χ1) is 15.9. The van der Waals surface area contributed by atoms with E-state index in [0.29, 0.717) is 45.5 Å². The van der Waals surface area contributed by atoms with Crippen LogP contribution in [-0.2, 0) is 13.2 Å². The van der Waals surface area contributed by atoms with Gasteiger partial charge in [-0.05, 0) is 36.8 Å². The highest BCUT2D eigenvalue weighted by Crippen LogP contribution is 2.38. The number of fused-ring (bicyclic) bond motifs is 1. The van der Waals surface area contributed by atoms with Crippen molar-refractivity contribution in [1.82, 2.24) is 20.1 Å². The van der Waals surface area contributed by atoms with Gasteiger partial charge >= 0.3 is 0 Å². The molecule has 0 bridgehead atoms. The third-order valence-electron chi connectivity index (χ3n) is 5.24. The fourth-order valence-electron chi connectivity index (χ4n) is 3.71. The van der Waals surface area contributed by atoms with Crippen LogP contribution in [0.3, 0.4) is 0 Å². The van der Waals surface area contributed by atoms with Crippen molar-refractivity contribution < 1.29 is 18.3 Å². The van der Waals surface area contributed by atoms with Crippen molar-refractivity contribution >= 4 is 28.4 Å². The number of aromatic amines is 1. The lowest BCUT2D eigenvalue weighted by Gasteiger charge is -2.20. The second-order valence-corrected chi connectivity index (χ2v) is 7.87. The number of benzene rings is 2. The standard InChI is InChI=1S/C24H21ClF2N4O2/c1-3-33-21-9-15(8-19(25)22(21)14-5-4-6-17(27)7-14)24(32)31(2)13-16-11-28-20(10-26)18-12-29-30-23(16)18/h4-9,11-12H,3,10,13H2,1-2H3,(H,29,30). The summed E-state index contributed by atoms with van der Waals surface area (Å²) >= 11 is 6.53. The maximum atomic E-state index is 13.8. The van der Waals surface area contributed by atoms with E-state index in [4.69, 9.17) is 16.3 Å². The van der Waals surface area contributed by atoms with Crippen molar-refractivity contribution in [3.63, 3.8) is 0 Å². The lowest BCUT2D eigenvalue weighted by Crippen LogP contribution is -2.26. The van der Waals surface area contributed by atoms with Crippen LogP contribution in [0.5, 0.6) is 5.75 Å². The topological polar surface area (TPSA) is 71.1 Å². The van der Waals surface area contributed by atoms with Gasteiger partial charge in [-0.3, -0.25) is 14.9 Å². The predicted octanol–water partition coefficient (Wildman–Crippen LogP) is 5.56. The van der Waals surface area contributed by atoms with Crippen molar-refractivity contribution in [2.24, 2.45) is 0 Å². The van der Waals surface area contributed by atoms with Gasteiger partial charge < -0.3 is 9.64 Å². The molecule has 0 saturated heterocycles. The van der Waals surface area contributed by atoms with Gasteiger partial charge in [0, 0.05) is 41.9 Å². The van der Waals surface area contributed by atoms with Gasteiger partial charge in [-0.1, -0.05) is 23.7 Å². The molecule has 1 N–H and O–H groups in total. The quantitative estimate of drug-likeness (QED) is 0.384. The van der Waals surface area contributed by atoms with E-state index in [1.807, 2.05) is 6.92 Å². The molecule has 0 atom stereocenters. The number of H-pyrrole nitrogens is 1. The molecule has 0 radical (unpaired) electrons. The number of alkyl halides is 1. The van der Waals surface area contributed by atoms with Crippen molar-refractivity contribution in [3.8, 4) is 16.9 Å². The maximum absolute atomic E-state index is 13.8. The summed E-state index contributed by atoms with van der Waals surface area (Å²) in [6.07, 6.45) is 3.05. The lowest BCUT2D eigenvalue weighted by molar-refractivity contribution is 0.0785. The molecule has 2 aromatic heterocycles. The molecule has 0 aliphatic rings. The number of nitrogens with one attached hydrogen (secondary N) is 1. The molecule has 4 aromatic rings. The fourth-order valence-corrected chi connectivity index (χ4v) is 4.03. The largest absolute Gasteiger partial charge is 0.493 e. The molecule has 0 aliphatic carbocycles. The minimum absolute atomic E-state index is 0.213. The van der Waals surface area contributed by atoms with Crippen LogP contribution < -0.4 is 4.74 Å². The molecule has 1 amide bonds. The first-order valence-corrected chi connectivity index (χ1v) is 10.6. The molecular weight excluding hydrogens is 450 g/mol. The summed E-state index contributed by atoms with van der Waals surface area (Å²) in [5.41, 5.74) is 3.01. The average Bonchev–Trinajstić information content (AvgIpc) is 3.29.